The Balaban J connectivity index is 2.50. The van der Waals surface area contributed by atoms with Crippen molar-refractivity contribution in [1.29, 1.82) is 0 Å². The minimum atomic E-state index is -0.530. The summed E-state index contributed by atoms with van der Waals surface area (Å²) < 4.78 is 12.9. The molecule has 0 fully saturated rings. The lowest BCUT2D eigenvalue weighted by Gasteiger charge is -2.01. The number of aromatic nitrogens is 1. The summed E-state index contributed by atoms with van der Waals surface area (Å²) in [5.41, 5.74) is 1.70. The molecule has 0 spiro atoms. The molecule has 1 radical (unpaired) electrons. The van der Waals surface area contributed by atoms with E-state index in [0.717, 1.165) is 16.5 Å². The molecule has 2 aromatic rings. The van der Waals surface area contributed by atoms with E-state index in [1.54, 1.807) is 25.6 Å². The number of halogens is 1. The van der Waals surface area contributed by atoms with Gasteiger partial charge in [0.1, 0.15) is 5.82 Å². The van der Waals surface area contributed by atoms with Gasteiger partial charge in [0.05, 0.1) is 6.10 Å². The van der Waals surface area contributed by atoms with E-state index in [1.807, 2.05) is 0 Å². The molecule has 3 heteroatoms. The van der Waals surface area contributed by atoms with E-state index in [0.29, 0.717) is 0 Å². The van der Waals surface area contributed by atoms with Gasteiger partial charge in [0.2, 0.25) is 0 Å². The summed E-state index contributed by atoms with van der Waals surface area (Å²) in [5, 5.41) is 9.99. The lowest BCUT2D eigenvalue weighted by molar-refractivity contribution is 0.231. The molecule has 14 heavy (non-hydrogen) atoms. The number of aliphatic hydroxyl groups is 1. The third-order valence-corrected chi connectivity index (χ3v) is 2.10. The second kappa shape index (κ2) is 3.42. The maximum absolute atomic E-state index is 12.9. The van der Waals surface area contributed by atoms with Gasteiger partial charge in [-0.15, -0.1) is 0 Å². The van der Waals surface area contributed by atoms with Crippen LogP contribution in [0.5, 0.6) is 0 Å². The van der Waals surface area contributed by atoms with Crippen molar-refractivity contribution in [2.24, 2.45) is 0 Å². The van der Waals surface area contributed by atoms with Gasteiger partial charge in [0.15, 0.2) is 0 Å². The van der Waals surface area contributed by atoms with Crippen molar-refractivity contribution in [3.05, 3.63) is 42.2 Å². The highest BCUT2D eigenvalue weighted by Gasteiger charge is 2.07. The zero-order valence-corrected chi connectivity index (χ0v) is 7.79. The van der Waals surface area contributed by atoms with Crippen molar-refractivity contribution in [2.75, 3.05) is 0 Å². The van der Waals surface area contributed by atoms with Gasteiger partial charge in [-0.1, -0.05) is 0 Å². The lowest BCUT2D eigenvalue weighted by atomic mass is 10.1. The summed E-state index contributed by atoms with van der Waals surface area (Å²) in [6, 6.07) is 4.55. The Labute approximate surface area is 81.4 Å². The largest absolute Gasteiger partial charge is 0.393 e. The van der Waals surface area contributed by atoms with Gasteiger partial charge >= 0.3 is 0 Å². The van der Waals surface area contributed by atoms with Crippen LogP contribution in [0.3, 0.4) is 0 Å². The summed E-state index contributed by atoms with van der Waals surface area (Å²) >= 11 is 0. The summed E-state index contributed by atoms with van der Waals surface area (Å²) in [5.74, 6) is -0.266. The van der Waals surface area contributed by atoms with Crippen LogP contribution in [0.25, 0.3) is 10.9 Å². The van der Waals surface area contributed by atoms with E-state index in [1.165, 1.54) is 12.1 Å². The van der Waals surface area contributed by atoms with Gasteiger partial charge in [-0.05, 0) is 30.7 Å². The molecule has 1 atom stereocenters. The van der Waals surface area contributed by atoms with Gasteiger partial charge in [-0.3, -0.25) is 0 Å². The second-order valence-electron chi connectivity index (χ2n) is 3.34. The molecule has 0 saturated carbocycles. The molecule has 2 nitrogen and oxygen atoms in total. The summed E-state index contributed by atoms with van der Waals surface area (Å²) in [6.45, 7) is 1.66. The van der Waals surface area contributed by atoms with Crippen molar-refractivity contribution in [3.63, 3.8) is 0 Å². The van der Waals surface area contributed by atoms with Crippen LogP contribution in [0.15, 0.2) is 24.4 Å². The fraction of sp³-hybridized carbons (Fsp3) is 0.182. The van der Waals surface area contributed by atoms with E-state index in [9.17, 15) is 9.50 Å². The van der Waals surface area contributed by atoms with Crippen molar-refractivity contribution in [2.45, 2.75) is 13.0 Å². The highest BCUT2D eigenvalue weighted by atomic mass is 19.1. The molecule has 0 aliphatic rings. The molecule has 1 heterocycles. The number of aromatic amines is 1. The number of H-pyrrole nitrogens is 1. The van der Waals surface area contributed by atoms with Crippen LogP contribution >= 0.6 is 0 Å². The number of hydrogen-bond donors (Lipinski definition) is 2. The van der Waals surface area contributed by atoms with Crippen LogP contribution in [-0.2, 0) is 0 Å². The minimum absolute atomic E-state index is 0.266. The molecule has 1 aromatic heterocycles. The Hall–Kier alpha value is -1.35. The Bertz CT molecular complexity index is 447. The van der Waals surface area contributed by atoms with Crippen molar-refractivity contribution in [3.8, 4) is 0 Å². The first-order chi connectivity index (χ1) is 6.66. The van der Waals surface area contributed by atoms with E-state index in [-0.39, 0.29) is 5.82 Å². The third kappa shape index (κ3) is 1.63. The average Bonchev–Trinajstić information content (AvgIpc) is 2.47. The van der Waals surface area contributed by atoms with Crippen LogP contribution in [0.1, 0.15) is 12.5 Å². The van der Waals surface area contributed by atoms with Gasteiger partial charge in [-0.25, -0.2) is 4.39 Å². The van der Waals surface area contributed by atoms with Crippen molar-refractivity contribution >= 4 is 10.9 Å². The van der Waals surface area contributed by atoms with Crippen LogP contribution in [0.4, 0.5) is 4.39 Å². The summed E-state index contributed by atoms with van der Waals surface area (Å²) in [7, 11) is 0. The predicted octanol–water partition coefficient (Wildman–Crippen LogP) is 2.24. The first-order valence-electron chi connectivity index (χ1n) is 4.46. The molecular formula is C11H11FNO. The maximum Gasteiger partial charge on any atom is 0.123 e. The predicted molar refractivity (Wildman–Crippen MR) is 53.3 cm³/mol. The first-order valence-corrected chi connectivity index (χ1v) is 4.46. The SMILES string of the molecule is CC(O)[CH]c1c[nH]c2ccc(F)cc12. The Morgan fingerprint density at radius 3 is 3.00 bits per heavy atom. The van der Waals surface area contributed by atoms with Crippen LogP contribution in [-0.4, -0.2) is 16.2 Å². The van der Waals surface area contributed by atoms with Crippen LogP contribution in [0.2, 0.25) is 0 Å². The topological polar surface area (TPSA) is 36.0 Å². The fourth-order valence-corrected chi connectivity index (χ4v) is 1.51. The summed E-state index contributed by atoms with van der Waals surface area (Å²) in [6.07, 6.45) is 2.91. The lowest BCUT2D eigenvalue weighted by Crippen LogP contribution is -2.00. The van der Waals surface area contributed by atoms with Gasteiger partial charge in [0.25, 0.3) is 0 Å². The molecule has 0 amide bonds. The molecule has 0 bridgehead atoms. The second-order valence-corrected chi connectivity index (χ2v) is 3.34. The number of benzene rings is 1. The average molecular weight is 192 g/mol. The van der Waals surface area contributed by atoms with Crippen molar-refractivity contribution < 1.29 is 9.50 Å². The van der Waals surface area contributed by atoms with Crippen LogP contribution < -0.4 is 0 Å². The van der Waals surface area contributed by atoms with Crippen LogP contribution in [0, 0.1) is 12.2 Å². The molecule has 73 valence electrons. The molecule has 0 aliphatic heterocycles. The minimum Gasteiger partial charge on any atom is -0.393 e. The monoisotopic (exact) mass is 192 g/mol. The third-order valence-electron chi connectivity index (χ3n) is 2.10. The molecule has 2 N–H and O–H groups in total. The molecule has 1 unspecified atom stereocenters. The van der Waals surface area contributed by atoms with E-state index < -0.39 is 6.10 Å². The van der Waals surface area contributed by atoms with E-state index in [2.05, 4.69) is 4.98 Å². The fourth-order valence-electron chi connectivity index (χ4n) is 1.51. The smallest absolute Gasteiger partial charge is 0.123 e. The number of aliphatic hydroxyl groups excluding tert-OH is 1. The molecule has 2 rings (SSSR count). The normalized spacial score (nSPS) is 13.4. The van der Waals surface area contributed by atoms with Gasteiger partial charge in [-0.2, -0.15) is 0 Å². The highest BCUT2D eigenvalue weighted by Crippen LogP contribution is 2.21. The molecule has 0 aliphatic carbocycles. The van der Waals surface area contributed by atoms with Gasteiger partial charge < -0.3 is 10.1 Å². The Morgan fingerprint density at radius 2 is 2.29 bits per heavy atom. The standard InChI is InChI=1S/C11H11FNO/c1-7(14)4-8-6-13-11-3-2-9(12)5-10(8)11/h2-7,13-14H,1H3. The number of nitrogens with one attached hydrogen (secondary N) is 1. The van der Waals surface area contributed by atoms with E-state index >= 15 is 0 Å². The van der Waals surface area contributed by atoms with Gasteiger partial charge in [0, 0.05) is 23.5 Å². The van der Waals surface area contributed by atoms with E-state index in [4.69, 9.17) is 0 Å². The molecular weight excluding hydrogens is 181 g/mol. The number of rotatable bonds is 2. The molecule has 0 saturated heterocycles. The maximum atomic E-state index is 12.9. The highest BCUT2D eigenvalue weighted by molar-refractivity contribution is 5.84. The van der Waals surface area contributed by atoms with Crippen molar-refractivity contribution in [1.82, 2.24) is 4.98 Å². The quantitative estimate of drug-likeness (QED) is 0.752. The zero-order chi connectivity index (χ0) is 10.1. The first kappa shape index (κ1) is 9.21. The zero-order valence-electron chi connectivity index (χ0n) is 7.79. The Morgan fingerprint density at radius 1 is 1.50 bits per heavy atom. The molecule has 1 aromatic carbocycles. The summed E-state index contributed by atoms with van der Waals surface area (Å²) in [4.78, 5) is 3.01. The number of hydrogen-bond acceptors (Lipinski definition) is 1. The Kier molecular flexibility index (Phi) is 2.25. The number of fused-ring (bicyclic) bond motifs is 1.